The molecular weight excluding hydrogens is 410 g/mol. The summed E-state index contributed by atoms with van der Waals surface area (Å²) >= 11 is 0. The first-order valence-corrected chi connectivity index (χ1v) is 10.5. The molecule has 3 rings (SSSR count). The van der Waals surface area contributed by atoms with E-state index in [4.69, 9.17) is 0 Å². The van der Waals surface area contributed by atoms with Crippen molar-refractivity contribution in [2.24, 2.45) is 0 Å². The summed E-state index contributed by atoms with van der Waals surface area (Å²) in [6.45, 7) is 12.0. The SMILES string of the molecule is CC(C)(C)c1cc([N+]2(C(=O)c3ccccc3[N+](=O)[O-])CCNC2=O)cc(C(C)(C)C)c1O. The number of amides is 3. The molecule has 1 unspecified atom stereocenters. The molecule has 1 aliphatic rings. The van der Waals surface area contributed by atoms with Gasteiger partial charge in [0.1, 0.15) is 12.3 Å². The first-order valence-electron chi connectivity index (χ1n) is 10.5. The second-order valence-electron chi connectivity index (χ2n) is 10.2. The smallest absolute Gasteiger partial charge is 0.429 e. The van der Waals surface area contributed by atoms with Gasteiger partial charge in [-0.3, -0.25) is 15.4 Å². The second kappa shape index (κ2) is 7.70. The third-order valence-electron chi connectivity index (χ3n) is 5.90. The number of phenolic OH excluding ortho intramolecular Hbond substituents is 1. The number of rotatable bonds is 3. The van der Waals surface area contributed by atoms with Crippen molar-refractivity contribution in [2.75, 3.05) is 13.1 Å². The van der Waals surface area contributed by atoms with Gasteiger partial charge in [-0.2, -0.15) is 0 Å². The van der Waals surface area contributed by atoms with Crippen molar-refractivity contribution in [2.45, 2.75) is 52.4 Å². The Balaban J connectivity index is 2.37. The van der Waals surface area contributed by atoms with Gasteiger partial charge in [-0.25, -0.2) is 9.59 Å². The molecule has 1 fully saturated rings. The minimum atomic E-state index is -0.725. The fourth-order valence-corrected chi connectivity index (χ4v) is 4.13. The van der Waals surface area contributed by atoms with Crippen LogP contribution in [0.1, 0.15) is 63.0 Å². The van der Waals surface area contributed by atoms with Crippen LogP contribution in [0.2, 0.25) is 0 Å². The largest absolute Gasteiger partial charge is 0.507 e. The summed E-state index contributed by atoms with van der Waals surface area (Å²) in [6.07, 6.45) is 0. The topological polar surface area (TPSA) is 110 Å². The van der Waals surface area contributed by atoms with Gasteiger partial charge in [-0.05, 0) is 16.9 Å². The lowest BCUT2D eigenvalue weighted by Crippen LogP contribution is -2.56. The monoisotopic (exact) mass is 440 g/mol. The number of urea groups is 1. The van der Waals surface area contributed by atoms with Crippen LogP contribution in [-0.4, -0.2) is 35.1 Å². The van der Waals surface area contributed by atoms with Gasteiger partial charge in [0.2, 0.25) is 0 Å². The fourth-order valence-electron chi connectivity index (χ4n) is 4.13. The molecule has 3 amide bonds. The number of nitrogens with one attached hydrogen (secondary N) is 1. The lowest BCUT2D eigenvalue weighted by atomic mass is 9.79. The second-order valence-corrected chi connectivity index (χ2v) is 10.2. The van der Waals surface area contributed by atoms with Crippen molar-refractivity contribution >= 4 is 23.3 Å². The van der Waals surface area contributed by atoms with Gasteiger partial charge in [0.15, 0.2) is 11.3 Å². The Morgan fingerprint density at radius 2 is 1.59 bits per heavy atom. The van der Waals surface area contributed by atoms with E-state index in [2.05, 4.69) is 5.32 Å². The molecule has 170 valence electrons. The zero-order valence-corrected chi connectivity index (χ0v) is 19.4. The summed E-state index contributed by atoms with van der Waals surface area (Å²) < 4.78 is -0.725. The Morgan fingerprint density at radius 3 is 2.03 bits per heavy atom. The number of hydrogen-bond acceptors (Lipinski definition) is 5. The average molecular weight is 441 g/mol. The highest BCUT2D eigenvalue weighted by Gasteiger charge is 2.53. The van der Waals surface area contributed by atoms with Crippen LogP contribution < -0.4 is 9.80 Å². The predicted octanol–water partition coefficient (Wildman–Crippen LogP) is 4.77. The van der Waals surface area contributed by atoms with E-state index < -0.39 is 32.2 Å². The summed E-state index contributed by atoms with van der Waals surface area (Å²) in [6, 6.07) is 8.49. The molecule has 0 aromatic heterocycles. The van der Waals surface area contributed by atoms with Crippen molar-refractivity contribution in [3.63, 3.8) is 0 Å². The first-order chi connectivity index (χ1) is 14.7. The highest BCUT2D eigenvalue weighted by atomic mass is 16.6. The lowest BCUT2D eigenvalue weighted by Gasteiger charge is -2.32. The van der Waals surface area contributed by atoms with Crippen molar-refractivity contribution in [3.05, 3.63) is 63.2 Å². The number of phenols is 1. The summed E-state index contributed by atoms with van der Waals surface area (Å²) in [5.74, 6) is -0.539. The molecule has 0 bridgehead atoms. The number of benzene rings is 2. The third-order valence-corrected chi connectivity index (χ3v) is 5.90. The number of hydrogen-bond donors (Lipinski definition) is 2. The summed E-state index contributed by atoms with van der Waals surface area (Å²) in [7, 11) is 0. The van der Waals surface area contributed by atoms with Crippen LogP contribution in [0.4, 0.5) is 16.2 Å². The van der Waals surface area contributed by atoms with E-state index in [9.17, 15) is 24.8 Å². The molecule has 8 heteroatoms. The van der Waals surface area contributed by atoms with Gasteiger partial charge in [0, 0.05) is 29.3 Å². The Morgan fingerprint density at radius 1 is 1.06 bits per heavy atom. The number of carbonyl (C=O) groups excluding carboxylic acids is 2. The molecule has 2 N–H and O–H groups in total. The van der Waals surface area contributed by atoms with E-state index >= 15 is 0 Å². The van der Waals surface area contributed by atoms with E-state index in [1.807, 2.05) is 41.5 Å². The van der Waals surface area contributed by atoms with Gasteiger partial charge in [0.25, 0.3) is 5.69 Å². The van der Waals surface area contributed by atoms with Crippen LogP contribution in [0.25, 0.3) is 0 Å². The third kappa shape index (κ3) is 3.75. The maximum atomic E-state index is 13.9. The van der Waals surface area contributed by atoms with E-state index in [-0.39, 0.29) is 30.1 Å². The van der Waals surface area contributed by atoms with Gasteiger partial charge >= 0.3 is 11.9 Å². The van der Waals surface area contributed by atoms with Crippen molar-refractivity contribution in [3.8, 4) is 5.75 Å². The minimum Gasteiger partial charge on any atom is -0.507 e. The standard InChI is InChI=1S/C24H29N3O5/c1-23(2,3)17-13-15(14-18(20(17)28)24(4,5)6)27(12-11-25-22(27)30)21(29)16-9-7-8-10-19(16)26(31)32/h7-10,13-14H,11-12H2,1-6H3,(H-,25,28,30)/p+1. The average Bonchev–Trinajstić information content (AvgIpc) is 3.08. The molecule has 2 aromatic rings. The lowest BCUT2D eigenvalue weighted by molar-refractivity contribution is -0.385. The van der Waals surface area contributed by atoms with Crippen LogP contribution in [0.15, 0.2) is 36.4 Å². The highest BCUT2D eigenvalue weighted by Crippen LogP contribution is 2.44. The zero-order valence-electron chi connectivity index (χ0n) is 19.4. The Hall–Kier alpha value is -3.26. The fraction of sp³-hybridized carbons (Fsp3) is 0.417. The number of quaternary nitrogens is 1. The number of nitro benzene ring substituents is 1. The van der Waals surface area contributed by atoms with Crippen molar-refractivity contribution in [1.82, 2.24) is 9.80 Å². The minimum absolute atomic E-state index is 0.113. The summed E-state index contributed by atoms with van der Waals surface area (Å²) in [5, 5.41) is 25.4. The van der Waals surface area contributed by atoms with Crippen LogP contribution >= 0.6 is 0 Å². The van der Waals surface area contributed by atoms with Gasteiger partial charge < -0.3 is 5.11 Å². The maximum Gasteiger partial charge on any atom is 0.429 e. The zero-order chi connectivity index (χ0) is 24.1. The van der Waals surface area contributed by atoms with Gasteiger partial charge in [-0.1, -0.05) is 53.7 Å². The predicted molar refractivity (Wildman–Crippen MR) is 123 cm³/mol. The molecule has 1 saturated heterocycles. The molecule has 1 aliphatic heterocycles. The molecule has 2 aromatic carbocycles. The van der Waals surface area contributed by atoms with Crippen LogP contribution in [0.3, 0.4) is 0 Å². The number of carbonyl (C=O) groups is 2. The molecule has 0 spiro atoms. The van der Waals surface area contributed by atoms with E-state index in [0.29, 0.717) is 16.8 Å². The number of nitrogens with zero attached hydrogens (tertiary/aromatic N) is 2. The molecular formula is C24H30N3O5+. The number of para-hydroxylation sites is 1. The Kier molecular flexibility index (Phi) is 5.63. The van der Waals surface area contributed by atoms with E-state index in [0.717, 1.165) is 0 Å². The van der Waals surface area contributed by atoms with Crippen molar-refractivity contribution in [1.29, 1.82) is 0 Å². The van der Waals surface area contributed by atoms with Crippen LogP contribution in [0, 0.1) is 10.1 Å². The molecule has 0 aliphatic carbocycles. The number of aromatic hydroxyl groups is 1. The van der Waals surface area contributed by atoms with E-state index in [1.54, 1.807) is 18.2 Å². The molecule has 1 atom stereocenters. The molecule has 1 heterocycles. The summed E-state index contributed by atoms with van der Waals surface area (Å²) in [5.41, 5.74) is 0.179. The normalized spacial score (nSPS) is 19.0. The summed E-state index contributed by atoms with van der Waals surface area (Å²) in [4.78, 5) is 38.0. The molecule has 0 radical (unpaired) electrons. The first kappa shape index (κ1) is 23.4. The number of nitro groups is 1. The molecule has 32 heavy (non-hydrogen) atoms. The Labute approximate surface area is 187 Å². The number of imide groups is 1. The van der Waals surface area contributed by atoms with Crippen LogP contribution in [0.5, 0.6) is 5.75 Å². The Bertz CT molecular complexity index is 1080. The van der Waals surface area contributed by atoms with E-state index in [1.165, 1.54) is 18.2 Å². The quantitative estimate of drug-likeness (QED) is 0.406. The maximum absolute atomic E-state index is 13.9. The molecule has 8 nitrogen and oxygen atoms in total. The van der Waals surface area contributed by atoms with Crippen molar-refractivity contribution < 1.29 is 19.6 Å². The van der Waals surface area contributed by atoms with Gasteiger partial charge in [0.05, 0.1) is 11.5 Å². The molecule has 0 saturated carbocycles. The van der Waals surface area contributed by atoms with Gasteiger partial charge in [-0.15, -0.1) is 4.48 Å². The highest BCUT2D eigenvalue weighted by molar-refractivity contribution is 6.17. The van der Waals surface area contributed by atoms with Crippen LogP contribution in [-0.2, 0) is 10.8 Å².